The van der Waals surface area contributed by atoms with Gasteiger partial charge in [0.1, 0.15) is 5.60 Å². The first-order valence-corrected chi connectivity index (χ1v) is 11.4. The lowest BCUT2D eigenvalue weighted by Gasteiger charge is -2.33. The van der Waals surface area contributed by atoms with Crippen molar-refractivity contribution in [1.82, 2.24) is 15.1 Å². The highest BCUT2D eigenvalue weighted by Gasteiger charge is 2.28. The van der Waals surface area contributed by atoms with Crippen molar-refractivity contribution in [2.45, 2.75) is 52.6 Å². The molecular formula is C22H42N4O4. The number of rotatable bonds is 8. The van der Waals surface area contributed by atoms with Crippen LogP contribution in [0.1, 0.15) is 47.0 Å². The van der Waals surface area contributed by atoms with Crippen molar-refractivity contribution in [3.8, 4) is 0 Å². The molecule has 0 aromatic carbocycles. The molecule has 8 heteroatoms. The Morgan fingerprint density at radius 3 is 2.57 bits per heavy atom. The van der Waals surface area contributed by atoms with Gasteiger partial charge in [-0.15, -0.1) is 0 Å². The molecule has 2 atom stereocenters. The molecule has 0 aromatic rings. The van der Waals surface area contributed by atoms with E-state index in [0.29, 0.717) is 31.6 Å². The molecule has 0 spiro atoms. The molecule has 0 aliphatic carbocycles. The fraction of sp³-hybridized carbons (Fsp3) is 0.909. The first kappa shape index (κ1) is 24.7. The molecule has 0 aromatic heterocycles. The van der Waals surface area contributed by atoms with Gasteiger partial charge in [-0.25, -0.2) is 4.79 Å². The smallest absolute Gasteiger partial charge is 0.410 e. The Morgan fingerprint density at radius 1 is 1.10 bits per heavy atom. The third kappa shape index (κ3) is 8.68. The summed E-state index contributed by atoms with van der Waals surface area (Å²) in [5, 5.41) is 3.44. The number of carbonyl (C=O) groups is 1. The van der Waals surface area contributed by atoms with Gasteiger partial charge < -0.3 is 29.3 Å². The zero-order chi connectivity index (χ0) is 22.0. The first-order chi connectivity index (χ1) is 14.3. The predicted octanol–water partition coefficient (Wildman–Crippen LogP) is 2.58. The van der Waals surface area contributed by atoms with Crippen molar-refractivity contribution < 1.29 is 19.0 Å². The Morgan fingerprint density at radius 2 is 1.87 bits per heavy atom. The van der Waals surface area contributed by atoms with Crippen molar-refractivity contribution in [3.63, 3.8) is 0 Å². The molecular weight excluding hydrogens is 384 g/mol. The lowest BCUT2D eigenvalue weighted by atomic mass is 9.98. The molecule has 1 amide bonds. The maximum Gasteiger partial charge on any atom is 0.410 e. The summed E-state index contributed by atoms with van der Waals surface area (Å²) in [4.78, 5) is 21.5. The van der Waals surface area contributed by atoms with E-state index in [1.54, 1.807) is 7.11 Å². The number of aliphatic imine (C=N–C) groups is 1. The third-order valence-electron chi connectivity index (χ3n) is 5.38. The van der Waals surface area contributed by atoms with E-state index in [1.165, 1.54) is 0 Å². The number of nitrogens with zero attached hydrogens (tertiary/aromatic N) is 3. The molecule has 2 aliphatic rings. The summed E-state index contributed by atoms with van der Waals surface area (Å²) in [6.07, 6.45) is 3.00. The fourth-order valence-corrected chi connectivity index (χ4v) is 3.90. The highest BCUT2D eigenvalue weighted by Crippen LogP contribution is 2.21. The summed E-state index contributed by atoms with van der Waals surface area (Å²) >= 11 is 0. The van der Waals surface area contributed by atoms with Gasteiger partial charge in [-0.05, 0) is 52.9 Å². The normalized spacial score (nSPS) is 23.0. The average molecular weight is 427 g/mol. The molecule has 0 radical (unpaired) electrons. The zero-order valence-electron chi connectivity index (χ0n) is 19.6. The number of hydrogen-bond acceptors (Lipinski definition) is 5. The number of carbonyl (C=O) groups excluding carboxylic acids is 1. The van der Waals surface area contributed by atoms with Gasteiger partial charge in [0, 0.05) is 52.3 Å². The minimum Gasteiger partial charge on any atom is -0.444 e. The molecule has 2 heterocycles. The molecule has 8 nitrogen and oxygen atoms in total. The molecule has 2 saturated heterocycles. The monoisotopic (exact) mass is 426 g/mol. The van der Waals surface area contributed by atoms with Crippen molar-refractivity contribution in [2.75, 3.05) is 66.2 Å². The van der Waals surface area contributed by atoms with Crippen LogP contribution in [-0.4, -0.2) is 93.7 Å². The van der Waals surface area contributed by atoms with E-state index < -0.39 is 5.60 Å². The standard InChI is InChI=1S/C22H42N4O4/c1-6-23-20(25-11-9-19(16-25)17-29-13-12-28-5)24-14-18-8-7-10-26(15-18)21(27)30-22(2,3)4/h18-19H,6-17H2,1-5H3,(H,23,24). The first-order valence-electron chi connectivity index (χ1n) is 11.4. The van der Waals surface area contributed by atoms with Crippen LogP contribution in [0, 0.1) is 11.8 Å². The van der Waals surface area contributed by atoms with Crippen molar-refractivity contribution in [1.29, 1.82) is 0 Å². The van der Waals surface area contributed by atoms with Gasteiger partial charge in [0.15, 0.2) is 5.96 Å². The Bertz CT molecular complexity index is 550. The van der Waals surface area contributed by atoms with Crippen LogP contribution in [0.3, 0.4) is 0 Å². The number of likely N-dealkylation sites (tertiary alicyclic amines) is 2. The Hall–Kier alpha value is -1.54. The Labute approximate surface area is 182 Å². The van der Waals surface area contributed by atoms with Gasteiger partial charge in [-0.3, -0.25) is 4.99 Å². The molecule has 30 heavy (non-hydrogen) atoms. The molecule has 0 bridgehead atoms. The third-order valence-corrected chi connectivity index (χ3v) is 5.38. The minimum absolute atomic E-state index is 0.209. The molecule has 2 aliphatic heterocycles. The van der Waals surface area contributed by atoms with Gasteiger partial charge >= 0.3 is 6.09 Å². The van der Waals surface area contributed by atoms with Crippen LogP contribution in [0.25, 0.3) is 0 Å². The van der Waals surface area contributed by atoms with Crippen molar-refractivity contribution in [3.05, 3.63) is 0 Å². The van der Waals surface area contributed by atoms with Crippen LogP contribution in [0.2, 0.25) is 0 Å². The van der Waals surface area contributed by atoms with E-state index in [1.807, 2.05) is 25.7 Å². The van der Waals surface area contributed by atoms with Crippen LogP contribution in [0.4, 0.5) is 4.79 Å². The second-order valence-corrected chi connectivity index (χ2v) is 9.30. The summed E-state index contributed by atoms with van der Waals surface area (Å²) in [6, 6.07) is 0. The number of guanidine groups is 1. The SMILES string of the molecule is CCNC(=NCC1CCCN(C(=O)OC(C)(C)C)C1)N1CCC(COCCOC)C1. The zero-order valence-corrected chi connectivity index (χ0v) is 19.6. The summed E-state index contributed by atoms with van der Waals surface area (Å²) in [6.45, 7) is 14.9. The summed E-state index contributed by atoms with van der Waals surface area (Å²) in [7, 11) is 1.69. The van der Waals surface area contributed by atoms with E-state index in [9.17, 15) is 4.79 Å². The second-order valence-electron chi connectivity index (χ2n) is 9.30. The van der Waals surface area contributed by atoms with Gasteiger partial charge in [0.05, 0.1) is 19.8 Å². The molecule has 2 fully saturated rings. The van der Waals surface area contributed by atoms with Crippen LogP contribution < -0.4 is 5.32 Å². The molecule has 174 valence electrons. The highest BCUT2D eigenvalue weighted by molar-refractivity contribution is 5.80. The average Bonchev–Trinajstić information content (AvgIpc) is 3.16. The van der Waals surface area contributed by atoms with Crippen LogP contribution >= 0.6 is 0 Å². The number of nitrogens with one attached hydrogen (secondary N) is 1. The van der Waals surface area contributed by atoms with Gasteiger partial charge in [-0.1, -0.05) is 0 Å². The largest absolute Gasteiger partial charge is 0.444 e. The molecule has 0 saturated carbocycles. The maximum atomic E-state index is 12.4. The van der Waals surface area contributed by atoms with E-state index in [0.717, 1.165) is 64.6 Å². The lowest BCUT2D eigenvalue weighted by molar-refractivity contribution is 0.0170. The molecule has 2 unspecified atom stereocenters. The Kier molecular flexibility index (Phi) is 10.2. The fourth-order valence-electron chi connectivity index (χ4n) is 3.90. The molecule has 1 N–H and O–H groups in total. The van der Waals surface area contributed by atoms with Gasteiger partial charge in [-0.2, -0.15) is 0 Å². The number of methoxy groups -OCH3 is 1. The van der Waals surface area contributed by atoms with E-state index in [-0.39, 0.29) is 6.09 Å². The summed E-state index contributed by atoms with van der Waals surface area (Å²) < 4.78 is 16.3. The highest BCUT2D eigenvalue weighted by atomic mass is 16.6. The van der Waals surface area contributed by atoms with E-state index in [2.05, 4.69) is 17.1 Å². The van der Waals surface area contributed by atoms with Crippen LogP contribution in [0.5, 0.6) is 0 Å². The number of piperidine rings is 1. The van der Waals surface area contributed by atoms with Gasteiger partial charge in [0.25, 0.3) is 0 Å². The van der Waals surface area contributed by atoms with Crippen LogP contribution in [-0.2, 0) is 14.2 Å². The predicted molar refractivity (Wildman–Crippen MR) is 119 cm³/mol. The number of hydrogen-bond donors (Lipinski definition) is 1. The van der Waals surface area contributed by atoms with E-state index >= 15 is 0 Å². The lowest BCUT2D eigenvalue weighted by Crippen LogP contribution is -2.44. The van der Waals surface area contributed by atoms with Crippen molar-refractivity contribution >= 4 is 12.1 Å². The Balaban J connectivity index is 1.84. The van der Waals surface area contributed by atoms with E-state index in [4.69, 9.17) is 19.2 Å². The van der Waals surface area contributed by atoms with Crippen molar-refractivity contribution in [2.24, 2.45) is 16.8 Å². The molecule has 2 rings (SSSR count). The second kappa shape index (κ2) is 12.3. The van der Waals surface area contributed by atoms with Gasteiger partial charge in [0.2, 0.25) is 0 Å². The summed E-state index contributed by atoms with van der Waals surface area (Å²) in [5.74, 6) is 1.88. The minimum atomic E-state index is -0.458. The quantitative estimate of drug-likeness (QED) is 0.365. The topological polar surface area (TPSA) is 75.6 Å². The number of ether oxygens (including phenoxy) is 3. The van der Waals surface area contributed by atoms with Crippen LogP contribution in [0.15, 0.2) is 4.99 Å². The maximum absolute atomic E-state index is 12.4. The number of amides is 1. The summed E-state index contributed by atoms with van der Waals surface area (Å²) in [5.41, 5.74) is -0.458.